The molecule has 2 aliphatic heterocycles. The molecule has 162 valence electrons. The molecule has 0 unspecified atom stereocenters. The zero-order valence-electron chi connectivity index (χ0n) is 16.4. The number of aromatic nitrogens is 4. The number of aryl methyl sites for hydroxylation is 1. The Morgan fingerprint density at radius 2 is 2.03 bits per heavy atom. The number of pyridine rings is 1. The van der Waals surface area contributed by atoms with Crippen LogP contribution >= 0.6 is 8.17 Å². The van der Waals surface area contributed by atoms with E-state index in [4.69, 9.17) is 23.9 Å². The molecule has 11 nitrogen and oxygen atoms in total. The van der Waals surface area contributed by atoms with Crippen molar-refractivity contribution in [3.8, 4) is 16.9 Å². The van der Waals surface area contributed by atoms with E-state index >= 15 is 0 Å². The Morgan fingerprint density at radius 1 is 1.23 bits per heavy atom. The van der Waals surface area contributed by atoms with Gasteiger partial charge in [0.25, 0.3) is 0 Å². The van der Waals surface area contributed by atoms with Gasteiger partial charge in [0.05, 0.1) is 11.9 Å². The number of ether oxygens (including phenoxy) is 1. The van der Waals surface area contributed by atoms with Crippen LogP contribution in [0.3, 0.4) is 0 Å². The van der Waals surface area contributed by atoms with Gasteiger partial charge in [0, 0.05) is 0 Å². The fourth-order valence-electron chi connectivity index (χ4n) is 3.95. The molecular weight excluding hydrogens is 425 g/mol. The zero-order valence-corrected chi connectivity index (χ0v) is 17.4. The normalized spacial score (nSPS) is 20.5. The number of hydrogen-bond acceptors (Lipinski definition) is 9. The maximum absolute atomic E-state index is 12.3. The Labute approximate surface area is 177 Å². The Hall–Kier alpha value is -2.95. The average molecular weight is 445 g/mol. The first kappa shape index (κ1) is 20.0. The van der Waals surface area contributed by atoms with Crippen LogP contribution in [-0.2, 0) is 15.7 Å². The molecule has 0 spiro atoms. The molecule has 0 bridgehead atoms. The van der Waals surface area contributed by atoms with Gasteiger partial charge >= 0.3 is 143 Å². The monoisotopic (exact) mass is 445 g/mol. The molecule has 2 atom stereocenters. The minimum Gasteiger partial charge on any atom is -0.135 e. The van der Waals surface area contributed by atoms with Crippen LogP contribution < -0.4 is 4.90 Å². The first-order chi connectivity index (χ1) is 14.8. The zero-order chi connectivity index (χ0) is 21.8. The minimum absolute atomic E-state index is 0.295. The molecule has 0 saturated carbocycles. The molecular formula is C19H20N5O6P. The number of fused-ring (bicyclic) bond motifs is 3. The van der Waals surface area contributed by atoms with Gasteiger partial charge < -0.3 is 0 Å². The molecule has 0 aliphatic carbocycles. The van der Waals surface area contributed by atoms with E-state index in [0.29, 0.717) is 12.2 Å². The van der Waals surface area contributed by atoms with Crippen LogP contribution in [0.1, 0.15) is 11.3 Å². The third-order valence-corrected chi connectivity index (χ3v) is 5.90. The van der Waals surface area contributed by atoms with Crippen LogP contribution in [0.4, 0.5) is 10.5 Å². The van der Waals surface area contributed by atoms with Crippen LogP contribution in [0, 0.1) is 6.92 Å². The summed E-state index contributed by atoms with van der Waals surface area (Å²) in [7, 11) is -4.68. The van der Waals surface area contributed by atoms with Crippen LogP contribution in [0.5, 0.6) is 0 Å². The maximum Gasteiger partial charge on any atom is -0.0606 e. The molecule has 0 radical (unpaired) electrons. The van der Waals surface area contributed by atoms with Crippen molar-refractivity contribution in [1.29, 1.82) is 0 Å². The number of cyclic esters (lactones) is 1. The molecule has 1 amide bonds. The number of amides is 1. The van der Waals surface area contributed by atoms with E-state index in [1.54, 1.807) is 17.1 Å². The third-order valence-electron chi connectivity index (χ3n) is 5.34. The Bertz CT molecular complexity index is 1150. The van der Waals surface area contributed by atoms with E-state index < -0.39 is 20.4 Å². The van der Waals surface area contributed by atoms with E-state index in [-0.39, 0.29) is 12.6 Å². The second kappa shape index (κ2) is 7.33. The molecule has 2 aromatic heterocycles. The van der Waals surface area contributed by atoms with Crippen molar-refractivity contribution in [2.24, 2.45) is 0 Å². The molecule has 5 rings (SSSR count). The first-order valence-corrected chi connectivity index (χ1v) is 11.3. The summed E-state index contributed by atoms with van der Waals surface area (Å²) in [5, 5.41) is 7.97. The molecule has 3 N–H and O–H groups in total. The molecule has 2 aliphatic rings. The van der Waals surface area contributed by atoms with Gasteiger partial charge in [-0.3, -0.25) is 0 Å². The molecule has 1 fully saturated rings. The molecule has 31 heavy (non-hydrogen) atoms. The maximum atomic E-state index is 12.3. The third kappa shape index (κ3) is 3.78. The fraction of sp³-hybridized carbons (Fsp3) is 0.263. The molecule has 1 saturated heterocycles. The predicted octanol–water partition coefficient (Wildman–Crippen LogP) is 1.29. The summed E-state index contributed by atoms with van der Waals surface area (Å²) in [6.07, 6.45) is 2.82. The van der Waals surface area contributed by atoms with Gasteiger partial charge in [0.2, 0.25) is 0 Å². The standard InChI is InChI=1S/C19H20N5O6P/c1-11-9-23(22-21-11)18-5-3-13(8-20-18)12-2-4-15-14(6-12)7-16-17(10-29-31(26,27)28)30-19(25)24(15)16/h2-6,8-9,16-17,26-28,31H,7,10H2,1H3/t16-,17-/m0/s1. The number of nitrogens with zero attached hydrogens (tertiary/aromatic N) is 5. The van der Waals surface area contributed by atoms with Gasteiger partial charge in [0.1, 0.15) is 0 Å². The fourth-order valence-corrected chi connectivity index (χ4v) is 4.33. The summed E-state index contributed by atoms with van der Waals surface area (Å²) in [6.45, 7) is 1.56. The number of carbonyl (C=O) groups excluding carboxylic acids is 1. The van der Waals surface area contributed by atoms with E-state index in [2.05, 4.69) is 15.3 Å². The van der Waals surface area contributed by atoms with Crippen molar-refractivity contribution in [1.82, 2.24) is 20.0 Å². The second-order valence-electron chi connectivity index (χ2n) is 7.50. The van der Waals surface area contributed by atoms with Gasteiger partial charge in [-0.2, -0.15) is 0 Å². The van der Waals surface area contributed by atoms with Gasteiger partial charge in [-0.05, 0) is 6.92 Å². The van der Waals surface area contributed by atoms with Gasteiger partial charge in [-0.1, -0.05) is 5.21 Å². The molecule has 12 heteroatoms. The van der Waals surface area contributed by atoms with Gasteiger partial charge in [-0.25, -0.2) is 4.68 Å². The SMILES string of the molecule is Cc1cn(-c2ccc(-c3ccc4c(c3)C[C@H]3[C@H](CO[PH](O)(O)O)OC(=O)N43)cn2)nn1. The average Bonchev–Trinajstić information content (AvgIpc) is 3.41. The van der Waals surface area contributed by atoms with Crippen LogP contribution in [-0.4, -0.2) is 59.5 Å². The van der Waals surface area contributed by atoms with Crippen molar-refractivity contribution < 1.29 is 28.7 Å². The van der Waals surface area contributed by atoms with Crippen LogP contribution in [0.25, 0.3) is 16.9 Å². The Kier molecular flexibility index (Phi) is 4.72. The number of hydrogen-bond donors (Lipinski definition) is 3. The molecule has 4 heterocycles. The van der Waals surface area contributed by atoms with Crippen LogP contribution in [0.15, 0.2) is 42.7 Å². The second-order valence-corrected chi connectivity index (χ2v) is 8.94. The van der Waals surface area contributed by atoms with E-state index in [0.717, 1.165) is 28.1 Å². The summed E-state index contributed by atoms with van der Waals surface area (Å²) in [5.74, 6) is 0.660. The van der Waals surface area contributed by atoms with Crippen LogP contribution in [0.2, 0.25) is 0 Å². The number of benzene rings is 1. The van der Waals surface area contributed by atoms with E-state index in [9.17, 15) is 4.79 Å². The largest absolute Gasteiger partial charge is 0.135 e. The molecule has 3 aromatic rings. The predicted molar refractivity (Wildman–Crippen MR) is 110 cm³/mol. The summed E-state index contributed by atoms with van der Waals surface area (Å²) >= 11 is 0. The minimum atomic E-state index is -4.68. The summed E-state index contributed by atoms with van der Waals surface area (Å²) in [4.78, 5) is 45.5. The Morgan fingerprint density at radius 3 is 2.71 bits per heavy atom. The van der Waals surface area contributed by atoms with Crippen molar-refractivity contribution >= 4 is 20.0 Å². The number of rotatable bonds is 5. The van der Waals surface area contributed by atoms with E-state index in [1.165, 1.54) is 4.90 Å². The number of carbonyl (C=O) groups is 1. The summed E-state index contributed by atoms with van der Waals surface area (Å²) < 4.78 is 11.6. The number of anilines is 1. The summed E-state index contributed by atoms with van der Waals surface area (Å²) in [6, 6.07) is 9.21. The smallest absolute Gasteiger partial charge is 0.0606 e. The topological polar surface area (TPSA) is 143 Å². The summed E-state index contributed by atoms with van der Waals surface area (Å²) in [5.41, 5.74) is 4.36. The quantitative estimate of drug-likeness (QED) is 0.495. The van der Waals surface area contributed by atoms with Crippen molar-refractivity contribution in [3.05, 3.63) is 54.0 Å². The Balaban J connectivity index is 1.37. The molecule has 1 aromatic carbocycles. The van der Waals surface area contributed by atoms with Crippen molar-refractivity contribution in [2.45, 2.75) is 25.5 Å². The van der Waals surface area contributed by atoms with E-state index in [1.807, 2.05) is 37.3 Å². The van der Waals surface area contributed by atoms with Crippen molar-refractivity contribution in [3.63, 3.8) is 0 Å². The van der Waals surface area contributed by atoms with Crippen molar-refractivity contribution in [2.75, 3.05) is 11.5 Å². The van der Waals surface area contributed by atoms with Gasteiger partial charge in [0.15, 0.2) is 0 Å². The van der Waals surface area contributed by atoms with Gasteiger partial charge in [-0.15, -0.1) is 5.10 Å². The first-order valence-electron chi connectivity index (χ1n) is 9.58.